The molecule has 0 bridgehead atoms. The van der Waals surface area contributed by atoms with E-state index in [9.17, 15) is 4.79 Å². The molecule has 0 heterocycles. The minimum Gasteiger partial charge on any atom is -0.298 e. The Labute approximate surface area is 48.2 Å². The minimum atomic E-state index is 0. The second-order valence-electron chi connectivity index (χ2n) is 0.964. The largest absolute Gasteiger partial charge is 0.298 e. The van der Waals surface area contributed by atoms with Crippen LogP contribution in [-0.2, 0) is 22.2 Å². The third kappa shape index (κ3) is 9.05. The molecule has 0 aliphatic rings. The second kappa shape index (κ2) is 4.94. The fourth-order valence-corrected chi connectivity index (χ4v) is 0. The SMILES string of the molecule is C=C(C)C=O.[Cr]. The molecule has 0 saturated heterocycles. The molecule has 6 heavy (non-hydrogen) atoms. The molecule has 0 atom stereocenters. The molecule has 0 saturated carbocycles. The summed E-state index contributed by atoms with van der Waals surface area (Å²) in [6.07, 6.45) is 0.722. The fourth-order valence-electron chi connectivity index (χ4n) is 0. The summed E-state index contributed by atoms with van der Waals surface area (Å²) in [5.41, 5.74) is 0.574. The van der Waals surface area contributed by atoms with Crippen LogP contribution >= 0.6 is 0 Å². The first-order valence-electron chi connectivity index (χ1n) is 1.38. The van der Waals surface area contributed by atoms with Crippen LogP contribution in [0.3, 0.4) is 0 Å². The predicted molar refractivity (Wildman–Crippen MR) is 20.9 cm³/mol. The number of aldehydes is 1. The average Bonchev–Trinajstić information content (AvgIpc) is 1.38. The second-order valence-corrected chi connectivity index (χ2v) is 0.964. The molecule has 0 spiro atoms. The number of rotatable bonds is 1. The van der Waals surface area contributed by atoms with Gasteiger partial charge in [-0.05, 0) is 12.5 Å². The summed E-state index contributed by atoms with van der Waals surface area (Å²) < 4.78 is 0. The van der Waals surface area contributed by atoms with Crippen molar-refractivity contribution in [2.75, 3.05) is 0 Å². The molecule has 0 aliphatic heterocycles. The summed E-state index contributed by atoms with van der Waals surface area (Å²) >= 11 is 0. The van der Waals surface area contributed by atoms with Gasteiger partial charge in [-0.2, -0.15) is 0 Å². The first-order valence-corrected chi connectivity index (χ1v) is 1.38. The number of hydrogen-bond acceptors (Lipinski definition) is 1. The maximum Gasteiger partial charge on any atom is 0.145 e. The normalized spacial score (nSPS) is 5.50. The van der Waals surface area contributed by atoms with Gasteiger partial charge in [-0.3, -0.25) is 4.79 Å². The molecule has 0 aromatic rings. The summed E-state index contributed by atoms with van der Waals surface area (Å²) in [5, 5.41) is 0. The van der Waals surface area contributed by atoms with Crippen LogP contribution < -0.4 is 0 Å². The Morgan fingerprint density at radius 1 is 1.83 bits per heavy atom. The van der Waals surface area contributed by atoms with Gasteiger partial charge >= 0.3 is 0 Å². The van der Waals surface area contributed by atoms with Crippen molar-refractivity contribution in [3.05, 3.63) is 12.2 Å². The molecule has 0 aromatic carbocycles. The molecule has 0 fully saturated rings. The van der Waals surface area contributed by atoms with Crippen molar-refractivity contribution in [1.29, 1.82) is 0 Å². The maximum atomic E-state index is 9.41. The quantitative estimate of drug-likeness (QED) is 0.370. The molecule has 2 heteroatoms. The van der Waals surface area contributed by atoms with Crippen molar-refractivity contribution in [3.8, 4) is 0 Å². The van der Waals surface area contributed by atoms with Crippen LogP contribution in [0.5, 0.6) is 0 Å². The van der Waals surface area contributed by atoms with Crippen molar-refractivity contribution in [1.82, 2.24) is 0 Å². The van der Waals surface area contributed by atoms with Crippen LogP contribution in [0.1, 0.15) is 6.92 Å². The van der Waals surface area contributed by atoms with E-state index in [-0.39, 0.29) is 17.4 Å². The molecule has 0 unspecified atom stereocenters. The first kappa shape index (κ1) is 9.34. The summed E-state index contributed by atoms with van der Waals surface area (Å²) in [6.45, 7) is 4.97. The van der Waals surface area contributed by atoms with Gasteiger partial charge in [0.1, 0.15) is 6.29 Å². The van der Waals surface area contributed by atoms with Gasteiger partial charge in [-0.15, -0.1) is 0 Å². The Morgan fingerprint density at radius 2 is 2.00 bits per heavy atom. The average molecular weight is 122 g/mol. The van der Waals surface area contributed by atoms with Crippen LogP contribution in [0.25, 0.3) is 0 Å². The van der Waals surface area contributed by atoms with Gasteiger partial charge in [0.2, 0.25) is 0 Å². The van der Waals surface area contributed by atoms with E-state index in [1.165, 1.54) is 0 Å². The van der Waals surface area contributed by atoms with Gasteiger partial charge in [-0.1, -0.05) is 6.58 Å². The Balaban J connectivity index is 0. The molecule has 0 rings (SSSR count). The molecule has 1 nitrogen and oxygen atoms in total. The zero-order valence-electron chi connectivity index (χ0n) is 3.60. The number of hydrogen-bond donors (Lipinski definition) is 0. The van der Waals surface area contributed by atoms with E-state index < -0.39 is 0 Å². The van der Waals surface area contributed by atoms with Gasteiger partial charge in [0.15, 0.2) is 0 Å². The monoisotopic (exact) mass is 122 g/mol. The smallest absolute Gasteiger partial charge is 0.145 e. The van der Waals surface area contributed by atoms with Gasteiger partial charge in [-0.25, -0.2) is 0 Å². The van der Waals surface area contributed by atoms with Crippen LogP contribution in [0, 0.1) is 0 Å². The Hall–Kier alpha value is -0.0575. The molecular weight excluding hydrogens is 116 g/mol. The van der Waals surface area contributed by atoms with E-state index >= 15 is 0 Å². The predicted octanol–water partition coefficient (Wildman–Crippen LogP) is 0.759. The Kier molecular flexibility index (Phi) is 7.69. The van der Waals surface area contributed by atoms with Gasteiger partial charge in [0, 0.05) is 17.4 Å². The zero-order valence-corrected chi connectivity index (χ0v) is 4.88. The van der Waals surface area contributed by atoms with Gasteiger partial charge in [0.05, 0.1) is 0 Å². The van der Waals surface area contributed by atoms with Crippen LogP contribution in [0.4, 0.5) is 0 Å². The van der Waals surface area contributed by atoms with Crippen molar-refractivity contribution >= 4 is 6.29 Å². The van der Waals surface area contributed by atoms with Gasteiger partial charge < -0.3 is 0 Å². The summed E-state index contributed by atoms with van der Waals surface area (Å²) in [5.74, 6) is 0. The minimum absolute atomic E-state index is 0. The molecule has 0 aromatic heterocycles. The third-order valence-electron chi connectivity index (χ3n) is 0.201. The van der Waals surface area contributed by atoms with Gasteiger partial charge in [0.25, 0.3) is 0 Å². The van der Waals surface area contributed by atoms with Crippen LogP contribution in [-0.4, -0.2) is 6.29 Å². The zero-order chi connectivity index (χ0) is 4.28. The standard InChI is InChI=1S/C4H6O.Cr/c1-4(2)3-5;/h3H,1H2,2H3;. The fraction of sp³-hybridized carbons (Fsp3) is 0.250. The van der Waals surface area contributed by atoms with E-state index in [1.54, 1.807) is 6.92 Å². The molecular formula is C4H6CrO. The Bertz CT molecular complexity index is 58.6. The number of carbonyl (C=O) groups excluding carboxylic acids is 1. The van der Waals surface area contributed by atoms with Crippen molar-refractivity contribution in [2.45, 2.75) is 6.92 Å². The Morgan fingerprint density at radius 3 is 2.00 bits per heavy atom. The third-order valence-corrected chi connectivity index (χ3v) is 0.201. The van der Waals surface area contributed by atoms with Crippen LogP contribution in [0.15, 0.2) is 12.2 Å². The van der Waals surface area contributed by atoms with E-state index in [0.29, 0.717) is 5.57 Å². The topological polar surface area (TPSA) is 17.1 Å². The number of carbonyl (C=O) groups is 1. The summed E-state index contributed by atoms with van der Waals surface area (Å²) in [7, 11) is 0. The number of allylic oxidation sites excluding steroid dienone is 1. The molecule has 0 N–H and O–H groups in total. The molecule has 0 amide bonds. The molecule has 0 radical (unpaired) electrons. The maximum absolute atomic E-state index is 9.41. The van der Waals surface area contributed by atoms with Crippen molar-refractivity contribution < 1.29 is 22.2 Å². The van der Waals surface area contributed by atoms with E-state index in [2.05, 4.69) is 6.58 Å². The molecule has 0 aliphatic carbocycles. The molecule has 34 valence electrons. The van der Waals surface area contributed by atoms with E-state index in [4.69, 9.17) is 0 Å². The first-order chi connectivity index (χ1) is 2.27. The van der Waals surface area contributed by atoms with E-state index in [0.717, 1.165) is 6.29 Å². The summed E-state index contributed by atoms with van der Waals surface area (Å²) in [6, 6.07) is 0. The van der Waals surface area contributed by atoms with Crippen molar-refractivity contribution in [3.63, 3.8) is 0 Å². The van der Waals surface area contributed by atoms with Crippen LogP contribution in [0.2, 0.25) is 0 Å². The van der Waals surface area contributed by atoms with Crippen molar-refractivity contribution in [2.24, 2.45) is 0 Å². The summed E-state index contributed by atoms with van der Waals surface area (Å²) in [4.78, 5) is 9.41. The van der Waals surface area contributed by atoms with E-state index in [1.807, 2.05) is 0 Å².